The maximum absolute atomic E-state index is 13.0. The molecule has 3 nitrogen and oxygen atoms in total. The predicted octanol–water partition coefficient (Wildman–Crippen LogP) is 1.41. The van der Waals surface area contributed by atoms with E-state index in [-0.39, 0.29) is 5.82 Å². The zero-order chi connectivity index (χ0) is 12.1. The first-order chi connectivity index (χ1) is 8.25. The molecule has 1 heterocycles. The van der Waals surface area contributed by atoms with Crippen molar-refractivity contribution < 1.29 is 4.39 Å². The van der Waals surface area contributed by atoms with Gasteiger partial charge >= 0.3 is 0 Å². The Kier molecular flexibility index (Phi) is 4.65. The Bertz CT molecular complexity index is 367. The van der Waals surface area contributed by atoms with Gasteiger partial charge in [-0.25, -0.2) is 4.39 Å². The van der Waals surface area contributed by atoms with E-state index in [1.165, 1.54) is 12.1 Å². The Balaban J connectivity index is 1.79. The number of nitrogen functional groups attached to an aromatic ring is 1. The zero-order valence-corrected chi connectivity index (χ0v) is 10.6. The summed E-state index contributed by atoms with van der Waals surface area (Å²) in [7, 11) is 0. The van der Waals surface area contributed by atoms with Crippen molar-refractivity contribution in [2.45, 2.75) is 4.90 Å². The molecule has 0 amide bonds. The van der Waals surface area contributed by atoms with Crippen molar-refractivity contribution in [2.24, 2.45) is 0 Å². The molecule has 0 aliphatic carbocycles. The van der Waals surface area contributed by atoms with E-state index in [0.717, 1.165) is 43.4 Å². The fourth-order valence-corrected chi connectivity index (χ4v) is 2.85. The van der Waals surface area contributed by atoms with Crippen LogP contribution in [0.25, 0.3) is 0 Å². The van der Waals surface area contributed by atoms with Gasteiger partial charge in [0, 0.05) is 49.1 Å². The third-order valence-corrected chi connectivity index (χ3v) is 3.90. The molecule has 1 aromatic rings. The van der Waals surface area contributed by atoms with E-state index in [1.807, 2.05) is 0 Å². The third-order valence-electron chi connectivity index (χ3n) is 2.85. The Morgan fingerprint density at radius 1 is 1.35 bits per heavy atom. The van der Waals surface area contributed by atoms with Crippen LogP contribution in [0, 0.1) is 5.82 Å². The van der Waals surface area contributed by atoms with Gasteiger partial charge < -0.3 is 11.1 Å². The van der Waals surface area contributed by atoms with Gasteiger partial charge in [-0.05, 0) is 18.2 Å². The first-order valence-electron chi connectivity index (χ1n) is 5.86. The maximum atomic E-state index is 13.0. The Hall–Kier alpha value is -0.780. The minimum absolute atomic E-state index is 0.219. The average Bonchev–Trinajstić information content (AvgIpc) is 2.35. The van der Waals surface area contributed by atoms with Gasteiger partial charge in [0.2, 0.25) is 0 Å². The second-order valence-corrected chi connectivity index (χ2v) is 5.26. The lowest BCUT2D eigenvalue weighted by molar-refractivity contribution is 0.255. The number of rotatable bonds is 4. The lowest BCUT2D eigenvalue weighted by Gasteiger charge is -2.26. The van der Waals surface area contributed by atoms with Crippen LogP contribution in [0.3, 0.4) is 0 Å². The predicted molar refractivity (Wildman–Crippen MR) is 70.8 cm³/mol. The molecule has 5 heteroatoms. The summed E-state index contributed by atoms with van der Waals surface area (Å²) in [6, 6.07) is 4.54. The third kappa shape index (κ3) is 3.87. The number of halogens is 1. The van der Waals surface area contributed by atoms with Gasteiger partial charge in [0.15, 0.2) is 0 Å². The van der Waals surface area contributed by atoms with Gasteiger partial charge in [-0.1, -0.05) is 0 Å². The van der Waals surface area contributed by atoms with Gasteiger partial charge in [0.1, 0.15) is 5.82 Å². The van der Waals surface area contributed by atoms with Gasteiger partial charge in [0.25, 0.3) is 0 Å². The minimum Gasteiger partial charge on any atom is -0.398 e. The highest BCUT2D eigenvalue weighted by molar-refractivity contribution is 7.99. The van der Waals surface area contributed by atoms with E-state index < -0.39 is 0 Å². The van der Waals surface area contributed by atoms with Crippen LogP contribution in [-0.2, 0) is 0 Å². The van der Waals surface area contributed by atoms with Crippen LogP contribution in [-0.4, -0.2) is 43.4 Å². The van der Waals surface area contributed by atoms with E-state index >= 15 is 0 Å². The standard InChI is InChI=1S/C12H18FN3S/c13-10-1-2-11(14)12(9-10)17-8-7-16-5-3-15-4-6-16/h1-2,9,15H,3-8,14H2. The number of piperazine rings is 1. The number of nitrogens with one attached hydrogen (secondary N) is 1. The molecule has 17 heavy (non-hydrogen) atoms. The summed E-state index contributed by atoms with van der Waals surface area (Å²) in [5, 5.41) is 3.32. The normalized spacial score (nSPS) is 17.2. The Labute approximate surface area is 106 Å². The first-order valence-corrected chi connectivity index (χ1v) is 6.85. The van der Waals surface area contributed by atoms with Crippen LogP contribution < -0.4 is 11.1 Å². The molecule has 0 aromatic heterocycles. The molecule has 0 unspecified atom stereocenters. The summed E-state index contributed by atoms with van der Waals surface area (Å²) in [4.78, 5) is 3.26. The Morgan fingerprint density at radius 3 is 2.88 bits per heavy atom. The van der Waals surface area contributed by atoms with Crippen molar-refractivity contribution in [3.63, 3.8) is 0 Å². The van der Waals surface area contributed by atoms with E-state index in [4.69, 9.17) is 5.73 Å². The van der Waals surface area contributed by atoms with Crippen LogP contribution in [0.2, 0.25) is 0 Å². The van der Waals surface area contributed by atoms with E-state index in [9.17, 15) is 4.39 Å². The number of nitrogens with two attached hydrogens (primary N) is 1. The van der Waals surface area contributed by atoms with Crippen LogP contribution in [0.15, 0.2) is 23.1 Å². The molecule has 1 aliphatic rings. The van der Waals surface area contributed by atoms with E-state index in [2.05, 4.69) is 10.2 Å². The molecule has 1 saturated heterocycles. The van der Waals surface area contributed by atoms with E-state index in [0.29, 0.717) is 5.69 Å². The summed E-state index contributed by atoms with van der Waals surface area (Å²) in [5.41, 5.74) is 6.46. The van der Waals surface area contributed by atoms with Gasteiger partial charge in [-0.2, -0.15) is 0 Å². The fraction of sp³-hybridized carbons (Fsp3) is 0.500. The smallest absolute Gasteiger partial charge is 0.124 e. The fourth-order valence-electron chi connectivity index (χ4n) is 1.85. The molecular formula is C12H18FN3S. The molecule has 2 rings (SSSR count). The lowest BCUT2D eigenvalue weighted by Crippen LogP contribution is -2.44. The minimum atomic E-state index is -0.219. The van der Waals surface area contributed by atoms with Crippen molar-refractivity contribution in [1.29, 1.82) is 0 Å². The molecule has 0 atom stereocenters. The molecule has 3 N–H and O–H groups in total. The number of benzene rings is 1. The largest absolute Gasteiger partial charge is 0.398 e. The molecule has 0 saturated carbocycles. The Morgan fingerprint density at radius 2 is 2.12 bits per heavy atom. The second kappa shape index (κ2) is 6.23. The molecule has 0 radical (unpaired) electrons. The van der Waals surface area contributed by atoms with Gasteiger partial charge in [-0.3, -0.25) is 4.90 Å². The van der Waals surface area contributed by atoms with Crippen molar-refractivity contribution in [3.05, 3.63) is 24.0 Å². The highest BCUT2D eigenvalue weighted by Gasteiger charge is 2.09. The number of nitrogens with zero attached hydrogens (tertiary/aromatic N) is 1. The first kappa shape index (κ1) is 12.7. The van der Waals surface area contributed by atoms with Crippen LogP contribution in [0.5, 0.6) is 0 Å². The van der Waals surface area contributed by atoms with Crippen LogP contribution in [0.4, 0.5) is 10.1 Å². The van der Waals surface area contributed by atoms with Crippen molar-refractivity contribution in [1.82, 2.24) is 10.2 Å². The molecule has 1 aliphatic heterocycles. The number of anilines is 1. The molecule has 94 valence electrons. The summed E-state index contributed by atoms with van der Waals surface area (Å²) < 4.78 is 13.0. The van der Waals surface area contributed by atoms with Crippen LogP contribution >= 0.6 is 11.8 Å². The molecule has 0 bridgehead atoms. The summed E-state index contributed by atoms with van der Waals surface area (Å²) in [6.45, 7) is 5.35. The monoisotopic (exact) mass is 255 g/mol. The van der Waals surface area contributed by atoms with Crippen molar-refractivity contribution >= 4 is 17.4 Å². The van der Waals surface area contributed by atoms with Gasteiger partial charge in [0.05, 0.1) is 0 Å². The molecule has 1 fully saturated rings. The summed E-state index contributed by atoms with van der Waals surface area (Å²) in [6.07, 6.45) is 0. The number of thioether (sulfide) groups is 1. The number of hydrogen-bond acceptors (Lipinski definition) is 4. The van der Waals surface area contributed by atoms with Crippen molar-refractivity contribution in [3.8, 4) is 0 Å². The zero-order valence-electron chi connectivity index (χ0n) is 9.79. The second-order valence-electron chi connectivity index (χ2n) is 4.12. The molecular weight excluding hydrogens is 237 g/mol. The van der Waals surface area contributed by atoms with Crippen molar-refractivity contribution in [2.75, 3.05) is 44.2 Å². The van der Waals surface area contributed by atoms with Crippen LogP contribution in [0.1, 0.15) is 0 Å². The van der Waals surface area contributed by atoms with E-state index in [1.54, 1.807) is 17.8 Å². The number of hydrogen-bond donors (Lipinski definition) is 2. The quantitative estimate of drug-likeness (QED) is 0.630. The SMILES string of the molecule is Nc1ccc(F)cc1SCCN1CCNCC1. The summed E-state index contributed by atoms with van der Waals surface area (Å²) >= 11 is 1.63. The highest BCUT2D eigenvalue weighted by Crippen LogP contribution is 2.25. The molecule has 0 spiro atoms. The topological polar surface area (TPSA) is 41.3 Å². The molecule has 1 aromatic carbocycles. The highest BCUT2D eigenvalue weighted by atomic mass is 32.2. The maximum Gasteiger partial charge on any atom is 0.124 e. The van der Waals surface area contributed by atoms with Gasteiger partial charge in [-0.15, -0.1) is 11.8 Å². The lowest BCUT2D eigenvalue weighted by atomic mass is 10.3. The average molecular weight is 255 g/mol. The summed E-state index contributed by atoms with van der Waals surface area (Å²) in [5.74, 6) is 0.733.